The van der Waals surface area contributed by atoms with Gasteiger partial charge in [-0.2, -0.15) is 0 Å². The Morgan fingerprint density at radius 2 is 1.52 bits per heavy atom. The molecule has 2 amide bonds. The molecule has 2 rings (SSSR count). The number of carbonyl (C=O) groups excluding carboxylic acids is 2. The van der Waals surface area contributed by atoms with Crippen molar-refractivity contribution in [2.45, 2.75) is 79.4 Å². The van der Waals surface area contributed by atoms with Gasteiger partial charge < -0.3 is 40.4 Å². The van der Waals surface area contributed by atoms with Crippen LogP contribution in [0.3, 0.4) is 0 Å². The third-order valence-corrected chi connectivity index (χ3v) is 8.95. The van der Waals surface area contributed by atoms with Gasteiger partial charge in [0.25, 0.3) is 5.91 Å². The number of methoxy groups -OCH3 is 3. The van der Waals surface area contributed by atoms with Crippen LogP contribution >= 0.6 is 0 Å². The highest BCUT2D eigenvalue weighted by Gasteiger charge is 2.31. The van der Waals surface area contributed by atoms with Crippen LogP contribution in [0.1, 0.15) is 76.7 Å². The lowest BCUT2D eigenvalue weighted by Gasteiger charge is -2.31. The van der Waals surface area contributed by atoms with Gasteiger partial charge in [-0.3, -0.25) is 9.59 Å². The third kappa shape index (κ3) is 13.6. The molecule has 10 nitrogen and oxygen atoms in total. The molecule has 0 aliphatic heterocycles. The molecule has 5 N–H and O–H groups in total. The van der Waals surface area contributed by atoms with Crippen LogP contribution in [0.4, 0.5) is 0 Å². The maximum absolute atomic E-state index is 13.4. The molecule has 0 aliphatic rings. The lowest BCUT2D eigenvalue weighted by Crippen LogP contribution is -2.46. The van der Waals surface area contributed by atoms with Gasteiger partial charge in [0.05, 0.1) is 26.9 Å². The molecular formula is C38H61N3O7. The van der Waals surface area contributed by atoms with Crippen LogP contribution in [0.25, 0.3) is 0 Å². The van der Waals surface area contributed by atoms with E-state index >= 15 is 0 Å². The first-order chi connectivity index (χ1) is 22.7. The van der Waals surface area contributed by atoms with E-state index in [-0.39, 0.29) is 30.1 Å². The Morgan fingerprint density at radius 3 is 2.10 bits per heavy atom. The molecule has 0 radical (unpaired) electrons. The molecule has 0 saturated carbocycles. The minimum Gasteiger partial charge on any atom is -0.497 e. The lowest BCUT2D eigenvalue weighted by molar-refractivity contribution is -0.128. The van der Waals surface area contributed by atoms with Crippen molar-refractivity contribution in [3.63, 3.8) is 0 Å². The number of hydrogen-bond donors (Lipinski definition) is 4. The normalized spacial score (nSPS) is 14.3. The van der Waals surface area contributed by atoms with Gasteiger partial charge in [-0.25, -0.2) is 0 Å². The van der Waals surface area contributed by atoms with Gasteiger partial charge >= 0.3 is 0 Å². The van der Waals surface area contributed by atoms with Crippen molar-refractivity contribution in [3.05, 3.63) is 53.6 Å². The molecule has 0 unspecified atom stereocenters. The summed E-state index contributed by atoms with van der Waals surface area (Å²) in [6.45, 7) is 14.2. The first kappa shape index (κ1) is 40.8. The average Bonchev–Trinajstić information content (AvgIpc) is 3.06. The Morgan fingerprint density at radius 1 is 0.854 bits per heavy atom. The van der Waals surface area contributed by atoms with E-state index in [4.69, 9.17) is 24.7 Å². The van der Waals surface area contributed by atoms with Crippen LogP contribution in [-0.2, 0) is 16.0 Å². The molecule has 4 atom stereocenters. The fourth-order valence-electron chi connectivity index (χ4n) is 5.55. The van der Waals surface area contributed by atoms with Crippen LogP contribution in [0, 0.1) is 29.1 Å². The summed E-state index contributed by atoms with van der Waals surface area (Å²) in [7, 11) is 4.88. The minimum atomic E-state index is -0.836. The first-order valence-electron chi connectivity index (χ1n) is 17.1. The number of benzene rings is 2. The molecular weight excluding hydrogens is 610 g/mol. The number of nitrogens with one attached hydrogen (secondary N) is 2. The summed E-state index contributed by atoms with van der Waals surface area (Å²) in [5.41, 5.74) is 7.87. The quantitative estimate of drug-likeness (QED) is 0.125. The molecule has 0 aliphatic carbocycles. The summed E-state index contributed by atoms with van der Waals surface area (Å²) in [5.74, 6) is 1.89. The number of hydrogen-bond acceptors (Lipinski definition) is 8. The van der Waals surface area contributed by atoms with Gasteiger partial charge in [-0.1, -0.05) is 47.6 Å². The minimum absolute atomic E-state index is 0.00671. The summed E-state index contributed by atoms with van der Waals surface area (Å²) >= 11 is 0. The van der Waals surface area contributed by atoms with Crippen molar-refractivity contribution in [1.82, 2.24) is 10.6 Å². The number of nitrogens with two attached hydrogens (primary N) is 1. The van der Waals surface area contributed by atoms with Crippen LogP contribution < -0.4 is 30.6 Å². The molecule has 48 heavy (non-hydrogen) atoms. The fraction of sp³-hybridized carbons (Fsp3) is 0.632. The van der Waals surface area contributed by atoms with E-state index < -0.39 is 23.5 Å². The molecule has 0 aromatic heterocycles. The topological polar surface area (TPSA) is 141 Å². The van der Waals surface area contributed by atoms with E-state index in [1.807, 2.05) is 45.9 Å². The zero-order valence-electron chi connectivity index (χ0n) is 30.6. The first-order valence-corrected chi connectivity index (χ1v) is 17.1. The summed E-state index contributed by atoms with van der Waals surface area (Å²) < 4.78 is 21.8. The second kappa shape index (κ2) is 20.2. The highest BCUT2D eigenvalue weighted by molar-refractivity contribution is 5.94. The van der Waals surface area contributed by atoms with Crippen molar-refractivity contribution in [2.75, 3.05) is 47.6 Å². The summed E-state index contributed by atoms with van der Waals surface area (Å²) in [6.07, 6.45) is 1.60. The van der Waals surface area contributed by atoms with Gasteiger partial charge in [-0.05, 0) is 84.4 Å². The van der Waals surface area contributed by atoms with E-state index in [1.54, 1.807) is 45.6 Å². The standard InChI is InChI=1S/C38H61N3O7/c1-25(2)29(19-27-11-16-34(47-9)35(20-27)48-18-10-17-45-7)21-32(39)33(42)22-31(26(3)4)37(44)41-24-38(5,6)23-40-36(43)28-12-14-30(46-8)15-13-28/h11-16,20,25-26,29,31-33,42H,10,17-19,21-24,39H2,1-9H3,(H,40,43)(H,41,44)/t29-,31-,32-,33-/m0/s1. The molecule has 270 valence electrons. The molecule has 2 aromatic rings. The zero-order chi connectivity index (χ0) is 35.9. The van der Waals surface area contributed by atoms with E-state index in [0.717, 1.165) is 18.4 Å². The van der Waals surface area contributed by atoms with Gasteiger partial charge in [0.2, 0.25) is 5.91 Å². The Bertz CT molecular complexity index is 1250. The van der Waals surface area contributed by atoms with Crippen molar-refractivity contribution in [1.29, 1.82) is 0 Å². The Labute approximate surface area is 288 Å². The summed E-state index contributed by atoms with van der Waals surface area (Å²) in [6, 6.07) is 12.4. The van der Waals surface area contributed by atoms with Gasteiger partial charge in [0, 0.05) is 50.8 Å². The predicted octanol–water partition coefficient (Wildman–Crippen LogP) is 5.25. The Balaban J connectivity index is 1.96. The van der Waals surface area contributed by atoms with Crippen molar-refractivity contribution >= 4 is 11.8 Å². The molecule has 0 fully saturated rings. The number of amides is 2. The molecule has 0 saturated heterocycles. The van der Waals surface area contributed by atoms with Gasteiger partial charge in [0.1, 0.15) is 5.75 Å². The Hall–Kier alpha value is -3.34. The van der Waals surface area contributed by atoms with Crippen LogP contribution in [-0.4, -0.2) is 76.7 Å². The van der Waals surface area contributed by atoms with Crippen molar-refractivity contribution in [2.24, 2.45) is 34.8 Å². The van der Waals surface area contributed by atoms with E-state index in [2.05, 4.69) is 24.5 Å². The van der Waals surface area contributed by atoms with E-state index in [1.165, 1.54) is 0 Å². The summed E-state index contributed by atoms with van der Waals surface area (Å²) in [4.78, 5) is 26.0. The van der Waals surface area contributed by atoms with Gasteiger partial charge in [-0.15, -0.1) is 0 Å². The Kier molecular flexibility index (Phi) is 17.2. The highest BCUT2D eigenvalue weighted by Crippen LogP contribution is 2.32. The zero-order valence-corrected chi connectivity index (χ0v) is 30.6. The molecule has 10 heteroatoms. The predicted molar refractivity (Wildman–Crippen MR) is 191 cm³/mol. The number of aliphatic hydroxyl groups is 1. The molecule has 0 bridgehead atoms. The number of ether oxygens (including phenoxy) is 4. The summed E-state index contributed by atoms with van der Waals surface area (Å²) in [5, 5.41) is 17.3. The number of carbonyl (C=O) groups is 2. The number of aliphatic hydroxyl groups excluding tert-OH is 1. The SMILES string of the molecule is COCCCOc1cc(C[C@@H](C[C@H](N)[C@@H](O)C[C@H](C(=O)NCC(C)(C)CNC(=O)c2ccc(OC)cc2)C(C)C)C(C)C)ccc1OC. The van der Waals surface area contributed by atoms with E-state index in [0.29, 0.717) is 61.5 Å². The second-order valence-corrected chi connectivity index (χ2v) is 14.2. The van der Waals surface area contributed by atoms with Gasteiger partial charge in [0.15, 0.2) is 11.5 Å². The maximum Gasteiger partial charge on any atom is 0.251 e. The lowest BCUT2D eigenvalue weighted by atomic mass is 9.80. The number of rotatable bonds is 22. The highest BCUT2D eigenvalue weighted by atomic mass is 16.5. The van der Waals surface area contributed by atoms with Crippen LogP contribution in [0.15, 0.2) is 42.5 Å². The largest absolute Gasteiger partial charge is 0.497 e. The maximum atomic E-state index is 13.4. The third-order valence-electron chi connectivity index (χ3n) is 8.95. The molecule has 2 aromatic carbocycles. The van der Waals surface area contributed by atoms with Crippen molar-refractivity contribution in [3.8, 4) is 17.2 Å². The van der Waals surface area contributed by atoms with Crippen LogP contribution in [0.2, 0.25) is 0 Å². The molecule has 0 heterocycles. The van der Waals surface area contributed by atoms with E-state index in [9.17, 15) is 14.7 Å². The fourth-order valence-corrected chi connectivity index (χ4v) is 5.55. The monoisotopic (exact) mass is 671 g/mol. The second-order valence-electron chi connectivity index (χ2n) is 14.2. The smallest absolute Gasteiger partial charge is 0.251 e. The average molecular weight is 672 g/mol. The van der Waals surface area contributed by atoms with Crippen molar-refractivity contribution < 1.29 is 33.6 Å². The molecule has 0 spiro atoms. The van der Waals surface area contributed by atoms with Crippen LogP contribution in [0.5, 0.6) is 17.2 Å².